The predicted molar refractivity (Wildman–Crippen MR) is 140 cm³/mol. The molecule has 0 aliphatic carbocycles. The van der Waals surface area contributed by atoms with Gasteiger partial charge in [-0.15, -0.1) is 0 Å². The zero-order valence-corrected chi connectivity index (χ0v) is 20.2. The number of alkyl halides is 3. The zero-order valence-electron chi connectivity index (χ0n) is 20.2. The largest absolute Gasteiger partial charge is 0.455 e. The SMILES string of the molecule is CC(C)(C)Cc1cc(-c2cccc3c2oc2ccc4c5ccccc5ccc4c23)ncc1C(F)(F)F. The molecule has 0 aliphatic heterocycles. The number of hydrogen-bond acceptors (Lipinski definition) is 2. The van der Waals surface area contributed by atoms with Gasteiger partial charge in [0.05, 0.1) is 11.3 Å². The Balaban J connectivity index is 1.61. The molecule has 0 saturated carbocycles. The van der Waals surface area contributed by atoms with Gasteiger partial charge in [-0.2, -0.15) is 13.2 Å². The monoisotopic (exact) mass is 483 g/mol. The van der Waals surface area contributed by atoms with Gasteiger partial charge in [-0.3, -0.25) is 4.98 Å². The molecular weight excluding hydrogens is 459 g/mol. The summed E-state index contributed by atoms with van der Waals surface area (Å²) in [6, 6.07) is 23.9. The van der Waals surface area contributed by atoms with E-state index in [9.17, 15) is 13.2 Å². The minimum Gasteiger partial charge on any atom is -0.455 e. The number of nitrogens with zero attached hydrogens (tertiary/aromatic N) is 1. The maximum absolute atomic E-state index is 13.8. The molecule has 0 fully saturated rings. The van der Waals surface area contributed by atoms with E-state index in [1.165, 1.54) is 5.39 Å². The fourth-order valence-corrected chi connectivity index (χ4v) is 5.20. The van der Waals surface area contributed by atoms with Crippen molar-refractivity contribution in [1.29, 1.82) is 0 Å². The minimum atomic E-state index is -4.46. The molecule has 0 radical (unpaired) electrons. The number of hydrogen-bond donors (Lipinski definition) is 0. The van der Waals surface area contributed by atoms with Gasteiger partial charge in [0.2, 0.25) is 0 Å². The summed E-state index contributed by atoms with van der Waals surface area (Å²) in [6.45, 7) is 5.80. The number of aromatic nitrogens is 1. The zero-order chi connectivity index (χ0) is 25.2. The van der Waals surface area contributed by atoms with Gasteiger partial charge in [0.1, 0.15) is 11.2 Å². The number of para-hydroxylation sites is 1. The number of halogens is 3. The summed E-state index contributed by atoms with van der Waals surface area (Å²) in [5, 5.41) is 6.46. The third-order valence-corrected chi connectivity index (χ3v) is 6.68. The summed E-state index contributed by atoms with van der Waals surface area (Å²) in [5.41, 5.74) is 1.76. The van der Waals surface area contributed by atoms with Crippen molar-refractivity contribution in [3.05, 3.63) is 90.1 Å². The third-order valence-electron chi connectivity index (χ3n) is 6.68. The maximum Gasteiger partial charge on any atom is 0.418 e. The summed E-state index contributed by atoms with van der Waals surface area (Å²) >= 11 is 0. The van der Waals surface area contributed by atoms with Gasteiger partial charge in [0.25, 0.3) is 0 Å². The standard InChI is InChI=1S/C31H24F3NO/c1-30(2,3)16-19-15-26(35-17-25(19)31(32,33)34)23-9-6-10-24-28-22-12-11-18-7-4-5-8-20(18)21(22)13-14-27(28)36-29(23)24/h4-15,17H,16H2,1-3H3. The normalized spacial score (nSPS) is 12.8. The van der Waals surface area contributed by atoms with Crippen LogP contribution >= 0.6 is 0 Å². The molecule has 0 spiro atoms. The summed E-state index contributed by atoms with van der Waals surface area (Å²) in [4.78, 5) is 4.25. The number of rotatable bonds is 2. The average Bonchev–Trinajstić information content (AvgIpc) is 3.21. The van der Waals surface area contributed by atoms with Gasteiger partial charge < -0.3 is 4.42 Å². The quantitative estimate of drug-likeness (QED) is 0.229. The molecule has 0 atom stereocenters. The van der Waals surface area contributed by atoms with Crippen LogP contribution in [0.4, 0.5) is 13.2 Å². The Labute approximate surface area is 206 Å². The molecule has 0 amide bonds. The van der Waals surface area contributed by atoms with Crippen molar-refractivity contribution in [2.75, 3.05) is 0 Å². The third kappa shape index (κ3) is 3.70. The molecule has 2 heterocycles. The molecule has 180 valence electrons. The molecular formula is C31H24F3NO. The van der Waals surface area contributed by atoms with E-state index < -0.39 is 11.7 Å². The lowest BCUT2D eigenvalue weighted by Gasteiger charge is -2.22. The topological polar surface area (TPSA) is 26.0 Å². The highest BCUT2D eigenvalue weighted by molar-refractivity contribution is 6.24. The maximum atomic E-state index is 13.8. The Kier molecular flexibility index (Phi) is 4.91. The van der Waals surface area contributed by atoms with Crippen LogP contribution in [0, 0.1) is 5.41 Å². The fraction of sp³-hybridized carbons (Fsp3) is 0.194. The van der Waals surface area contributed by atoms with E-state index >= 15 is 0 Å². The summed E-state index contributed by atoms with van der Waals surface area (Å²) < 4.78 is 47.6. The van der Waals surface area contributed by atoms with E-state index in [1.54, 1.807) is 6.07 Å². The van der Waals surface area contributed by atoms with E-state index in [4.69, 9.17) is 4.42 Å². The van der Waals surface area contributed by atoms with Crippen molar-refractivity contribution >= 4 is 43.5 Å². The van der Waals surface area contributed by atoms with Crippen LogP contribution in [0.25, 0.3) is 54.7 Å². The highest BCUT2D eigenvalue weighted by atomic mass is 19.4. The van der Waals surface area contributed by atoms with Crippen LogP contribution in [0.1, 0.15) is 31.9 Å². The van der Waals surface area contributed by atoms with Gasteiger partial charge in [0.15, 0.2) is 0 Å². The second kappa shape index (κ2) is 7.82. The predicted octanol–water partition coefficient (Wildman–Crippen LogP) is 9.56. The highest BCUT2D eigenvalue weighted by Crippen LogP contribution is 2.42. The second-order valence-electron chi connectivity index (χ2n) is 10.6. The van der Waals surface area contributed by atoms with Crippen molar-refractivity contribution < 1.29 is 17.6 Å². The first kappa shape index (κ1) is 22.6. The lowest BCUT2D eigenvalue weighted by Crippen LogP contribution is -2.16. The van der Waals surface area contributed by atoms with Crippen molar-refractivity contribution in [3.8, 4) is 11.3 Å². The van der Waals surface area contributed by atoms with Crippen molar-refractivity contribution in [2.24, 2.45) is 5.41 Å². The minimum absolute atomic E-state index is 0.241. The Hall–Kier alpha value is -3.86. The van der Waals surface area contributed by atoms with Crippen LogP contribution in [0.2, 0.25) is 0 Å². The second-order valence-corrected chi connectivity index (χ2v) is 10.6. The lowest BCUT2D eigenvalue weighted by atomic mass is 9.86. The van der Waals surface area contributed by atoms with Crippen LogP contribution in [0.5, 0.6) is 0 Å². The molecule has 0 unspecified atom stereocenters. The summed E-state index contributed by atoms with van der Waals surface area (Å²) in [7, 11) is 0. The molecule has 4 aromatic carbocycles. The van der Waals surface area contributed by atoms with Gasteiger partial charge in [-0.1, -0.05) is 75.4 Å². The Morgan fingerprint density at radius 1 is 0.778 bits per heavy atom. The van der Waals surface area contributed by atoms with Crippen molar-refractivity contribution in [3.63, 3.8) is 0 Å². The molecule has 36 heavy (non-hydrogen) atoms. The molecule has 0 bridgehead atoms. The smallest absolute Gasteiger partial charge is 0.418 e. The van der Waals surface area contributed by atoms with Gasteiger partial charge >= 0.3 is 6.18 Å². The van der Waals surface area contributed by atoms with E-state index in [0.717, 1.165) is 38.7 Å². The molecule has 2 aromatic heterocycles. The first-order valence-electron chi connectivity index (χ1n) is 11.9. The van der Waals surface area contributed by atoms with Crippen LogP contribution < -0.4 is 0 Å². The van der Waals surface area contributed by atoms with Crippen molar-refractivity contribution in [1.82, 2.24) is 4.98 Å². The summed E-state index contributed by atoms with van der Waals surface area (Å²) in [6.07, 6.45) is -3.22. The van der Waals surface area contributed by atoms with E-state index in [0.29, 0.717) is 16.8 Å². The van der Waals surface area contributed by atoms with Crippen LogP contribution in [-0.4, -0.2) is 4.98 Å². The van der Waals surface area contributed by atoms with Crippen LogP contribution in [0.15, 0.2) is 83.4 Å². The Morgan fingerprint density at radius 3 is 2.31 bits per heavy atom. The van der Waals surface area contributed by atoms with E-state index in [2.05, 4.69) is 35.3 Å². The molecule has 0 N–H and O–H groups in total. The van der Waals surface area contributed by atoms with E-state index in [1.807, 2.05) is 57.2 Å². The van der Waals surface area contributed by atoms with E-state index in [-0.39, 0.29) is 17.4 Å². The average molecular weight is 484 g/mol. The first-order chi connectivity index (χ1) is 17.1. The van der Waals surface area contributed by atoms with Gasteiger partial charge in [-0.05, 0) is 57.1 Å². The van der Waals surface area contributed by atoms with Crippen molar-refractivity contribution in [2.45, 2.75) is 33.4 Å². The summed E-state index contributed by atoms with van der Waals surface area (Å²) in [5.74, 6) is 0. The number of furan rings is 1. The number of pyridine rings is 1. The number of benzene rings is 4. The molecule has 0 aliphatic rings. The fourth-order valence-electron chi connectivity index (χ4n) is 5.20. The van der Waals surface area contributed by atoms with Crippen LogP contribution in [0.3, 0.4) is 0 Å². The number of fused-ring (bicyclic) bond motifs is 7. The lowest BCUT2D eigenvalue weighted by molar-refractivity contribution is -0.138. The first-order valence-corrected chi connectivity index (χ1v) is 11.9. The molecule has 0 saturated heterocycles. The van der Waals surface area contributed by atoms with Gasteiger partial charge in [0, 0.05) is 22.5 Å². The molecule has 2 nitrogen and oxygen atoms in total. The van der Waals surface area contributed by atoms with Gasteiger partial charge in [-0.25, -0.2) is 0 Å². The van der Waals surface area contributed by atoms with Crippen LogP contribution in [-0.2, 0) is 12.6 Å². The highest BCUT2D eigenvalue weighted by Gasteiger charge is 2.35. The Morgan fingerprint density at radius 2 is 1.53 bits per heavy atom. The molecule has 5 heteroatoms. The molecule has 6 aromatic rings. The Bertz CT molecular complexity index is 1790. The molecule has 6 rings (SSSR count).